The van der Waals surface area contributed by atoms with E-state index in [0.717, 1.165) is 12.8 Å². The van der Waals surface area contributed by atoms with Crippen LogP contribution in [-0.4, -0.2) is 45.1 Å². The maximum Gasteiger partial charge on any atom is 0.399 e. The normalized spacial score (nSPS) is 11.9. The molecule has 0 spiro atoms. The Morgan fingerprint density at radius 2 is 1.12 bits per heavy atom. The largest absolute Gasteiger partial charge is 0.399 e. The third-order valence-electron chi connectivity index (χ3n) is 2.06. The summed E-state index contributed by atoms with van der Waals surface area (Å²) in [4.78, 5) is 0. The number of aliphatic hydroxyl groups is 2. The van der Waals surface area contributed by atoms with Gasteiger partial charge in [-0.25, -0.2) is 8.37 Å². The predicted octanol–water partition coefficient (Wildman–Crippen LogP) is 0.590. The van der Waals surface area contributed by atoms with Crippen molar-refractivity contribution < 1.29 is 27.0 Å². The molecule has 0 amide bonds. The molecule has 0 heterocycles. The van der Waals surface area contributed by atoms with E-state index in [-0.39, 0.29) is 26.4 Å². The van der Waals surface area contributed by atoms with Gasteiger partial charge in [0.25, 0.3) is 0 Å². The molecular weight excluding hydrogens is 248 g/mol. The van der Waals surface area contributed by atoms with Crippen LogP contribution < -0.4 is 0 Å². The Morgan fingerprint density at radius 1 is 0.706 bits per heavy atom. The first kappa shape index (κ1) is 16.8. The molecule has 0 aromatic heterocycles. The quantitative estimate of drug-likeness (QED) is 0.504. The van der Waals surface area contributed by atoms with Gasteiger partial charge in [-0.15, -0.1) is 0 Å². The molecule has 0 radical (unpaired) electrons. The minimum Gasteiger partial charge on any atom is -0.396 e. The lowest BCUT2D eigenvalue weighted by atomic mass is 10.2. The predicted molar refractivity (Wildman–Crippen MR) is 62.7 cm³/mol. The molecule has 0 rings (SSSR count). The van der Waals surface area contributed by atoms with Gasteiger partial charge >= 0.3 is 10.4 Å². The topological polar surface area (TPSA) is 93.1 Å². The SMILES string of the molecule is O=S(=O)(OCCCCCO)OCCCCCO. The first-order valence-corrected chi connectivity index (χ1v) is 7.21. The van der Waals surface area contributed by atoms with Crippen molar-refractivity contribution in [2.75, 3.05) is 26.4 Å². The van der Waals surface area contributed by atoms with Crippen molar-refractivity contribution in [2.45, 2.75) is 38.5 Å². The van der Waals surface area contributed by atoms with E-state index < -0.39 is 10.4 Å². The Morgan fingerprint density at radius 3 is 1.47 bits per heavy atom. The highest BCUT2D eigenvalue weighted by atomic mass is 32.3. The third kappa shape index (κ3) is 12.0. The summed E-state index contributed by atoms with van der Waals surface area (Å²) in [6.07, 6.45) is 3.89. The van der Waals surface area contributed by atoms with Crippen LogP contribution in [0.4, 0.5) is 0 Å². The lowest BCUT2D eigenvalue weighted by molar-refractivity contribution is 0.203. The van der Waals surface area contributed by atoms with Gasteiger partial charge in [-0.3, -0.25) is 0 Å². The van der Waals surface area contributed by atoms with Crippen LogP contribution in [0.15, 0.2) is 0 Å². The maximum atomic E-state index is 11.2. The molecule has 0 aromatic carbocycles. The van der Waals surface area contributed by atoms with E-state index in [4.69, 9.17) is 10.2 Å². The first-order valence-electron chi connectivity index (χ1n) is 5.88. The molecule has 7 heteroatoms. The number of unbranched alkanes of at least 4 members (excludes halogenated alkanes) is 4. The lowest BCUT2D eigenvalue weighted by Crippen LogP contribution is -2.12. The summed E-state index contributed by atoms with van der Waals surface area (Å²) in [5.74, 6) is 0. The van der Waals surface area contributed by atoms with Gasteiger partial charge in [0.2, 0.25) is 0 Å². The van der Waals surface area contributed by atoms with Crippen molar-refractivity contribution in [3.63, 3.8) is 0 Å². The van der Waals surface area contributed by atoms with E-state index in [2.05, 4.69) is 8.37 Å². The fourth-order valence-corrected chi connectivity index (χ4v) is 1.85. The Labute approximate surface area is 103 Å². The van der Waals surface area contributed by atoms with Crippen molar-refractivity contribution in [1.29, 1.82) is 0 Å². The molecule has 104 valence electrons. The van der Waals surface area contributed by atoms with Crippen LogP contribution in [0, 0.1) is 0 Å². The standard InChI is InChI=1S/C10H22O6S/c11-7-3-1-5-9-15-17(13,14)16-10-6-2-4-8-12/h11-12H,1-10H2. The summed E-state index contributed by atoms with van der Waals surface area (Å²) in [7, 11) is -3.88. The summed E-state index contributed by atoms with van der Waals surface area (Å²) in [6, 6.07) is 0. The van der Waals surface area contributed by atoms with Crippen LogP contribution in [0.25, 0.3) is 0 Å². The summed E-state index contributed by atoms with van der Waals surface area (Å²) in [5, 5.41) is 17.0. The zero-order valence-corrected chi connectivity index (χ0v) is 10.8. The number of hydrogen-bond donors (Lipinski definition) is 2. The van der Waals surface area contributed by atoms with Gasteiger partial charge in [0.15, 0.2) is 0 Å². The van der Waals surface area contributed by atoms with Crippen molar-refractivity contribution in [2.24, 2.45) is 0 Å². The van der Waals surface area contributed by atoms with Crippen LogP contribution in [0.3, 0.4) is 0 Å². The van der Waals surface area contributed by atoms with E-state index >= 15 is 0 Å². The molecular formula is C10H22O6S. The second-order valence-corrected chi connectivity index (χ2v) is 4.91. The van der Waals surface area contributed by atoms with Crippen LogP contribution in [-0.2, 0) is 18.8 Å². The van der Waals surface area contributed by atoms with Gasteiger partial charge in [0, 0.05) is 13.2 Å². The molecule has 17 heavy (non-hydrogen) atoms. The third-order valence-corrected chi connectivity index (χ3v) is 2.97. The van der Waals surface area contributed by atoms with Crippen LogP contribution in [0.1, 0.15) is 38.5 Å². The maximum absolute atomic E-state index is 11.2. The van der Waals surface area contributed by atoms with Gasteiger partial charge in [0.05, 0.1) is 13.2 Å². The minimum atomic E-state index is -3.88. The van der Waals surface area contributed by atoms with E-state index in [0.29, 0.717) is 25.7 Å². The number of aliphatic hydroxyl groups excluding tert-OH is 2. The Hall–Kier alpha value is -0.210. The van der Waals surface area contributed by atoms with Gasteiger partial charge in [-0.2, -0.15) is 8.42 Å². The summed E-state index contributed by atoms with van der Waals surface area (Å²) >= 11 is 0. The van der Waals surface area contributed by atoms with E-state index in [9.17, 15) is 8.42 Å². The smallest absolute Gasteiger partial charge is 0.396 e. The highest BCUT2D eigenvalue weighted by Gasteiger charge is 2.10. The first-order chi connectivity index (χ1) is 8.12. The average Bonchev–Trinajstić information content (AvgIpc) is 2.28. The summed E-state index contributed by atoms with van der Waals surface area (Å²) < 4.78 is 31.5. The second kappa shape index (κ2) is 10.9. The molecule has 2 N–H and O–H groups in total. The van der Waals surface area contributed by atoms with E-state index in [1.165, 1.54) is 0 Å². The average molecular weight is 270 g/mol. The molecule has 0 aliphatic heterocycles. The van der Waals surface area contributed by atoms with Gasteiger partial charge in [-0.05, 0) is 38.5 Å². The van der Waals surface area contributed by atoms with Gasteiger partial charge in [-0.1, -0.05) is 0 Å². The van der Waals surface area contributed by atoms with Gasteiger partial charge in [0.1, 0.15) is 0 Å². The number of rotatable bonds is 12. The van der Waals surface area contributed by atoms with Crippen LogP contribution in [0.2, 0.25) is 0 Å². The summed E-state index contributed by atoms with van der Waals surface area (Å²) in [5.41, 5.74) is 0. The van der Waals surface area contributed by atoms with Crippen molar-refractivity contribution in [3.05, 3.63) is 0 Å². The molecule has 0 fully saturated rings. The molecule has 0 unspecified atom stereocenters. The highest BCUT2D eigenvalue weighted by molar-refractivity contribution is 7.81. The van der Waals surface area contributed by atoms with E-state index in [1.807, 2.05) is 0 Å². The fourth-order valence-electron chi connectivity index (χ4n) is 1.14. The summed E-state index contributed by atoms with van der Waals surface area (Å²) in [6.45, 7) is 0.375. The second-order valence-electron chi connectivity index (χ2n) is 3.62. The van der Waals surface area contributed by atoms with Crippen molar-refractivity contribution >= 4 is 10.4 Å². The van der Waals surface area contributed by atoms with Crippen molar-refractivity contribution in [3.8, 4) is 0 Å². The van der Waals surface area contributed by atoms with E-state index in [1.54, 1.807) is 0 Å². The van der Waals surface area contributed by atoms with Crippen LogP contribution in [0.5, 0.6) is 0 Å². The highest BCUT2D eigenvalue weighted by Crippen LogP contribution is 2.03. The van der Waals surface area contributed by atoms with Gasteiger partial charge < -0.3 is 10.2 Å². The lowest BCUT2D eigenvalue weighted by Gasteiger charge is -2.05. The minimum absolute atomic E-state index is 0.0823. The molecule has 0 bridgehead atoms. The zero-order chi connectivity index (χ0) is 13.0. The molecule has 6 nitrogen and oxygen atoms in total. The zero-order valence-electron chi connectivity index (χ0n) is 10.0. The molecule has 0 aromatic rings. The molecule has 0 atom stereocenters. The molecule has 0 aliphatic rings. The number of hydrogen-bond acceptors (Lipinski definition) is 6. The monoisotopic (exact) mass is 270 g/mol. The van der Waals surface area contributed by atoms with Crippen LogP contribution >= 0.6 is 0 Å². The van der Waals surface area contributed by atoms with Crippen molar-refractivity contribution in [1.82, 2.24) is 0 Å². The Balaban J connectivity index is 3.46. The molecule has 0 aliphatic carbocycles. The molecule has 0 saturated heterocycles. The Bertz CT molecular complexity index is 232. The fraction of sp³-hybridized carbons (Fsp3) is 1.00. The Kier molecular flexibility index (Phi) is 10.8. The molecule has 0 saturated carbocycles.